The Balaban J connectivity index is 1.20. The molecule has 1 unspecified atom stereocenters. The van der Waals surface area contributed by atoms with Crippen molar-refractivity contribution in [3.8, 4) is 22.4 Å². The summed E-state index contributed by atoms with van der Waals surface area (Å²) in [5, 5.41) is 3.14. The van der Waals surface area contributed by atoms with E-state index in [0.29, 0.717) is 0 Å². The van der Waals surface area contributed by atoms with Crippen molar-refractivity contribution >= 4 is 49.9 Å². The highest BCUT2D eigenvalue weighted by Crippen LogP contribution is 2.50. The van der Waals surface area contributed by atoms with E-state index in [1.165, 1.54) is 22.3 Å². The van der Waals surface area contributed by atoms with Gasteiger partial charge in [-0.25, -0.2) is 9.97 Å². The molecule has 9 aromatic rings. The van der Waals surface area contributed by atoms with E-state index in [1.54, 1.807) is 0 Å². The molecule has 0 amide bonds. The van der Waals surface area contributed by atoms with Crippen molar-refractivity contribution in [2.75, 3.05) is 4.90 Å². The summed E-state index contributed by atoms with van der Waals surface area (Å²) >= 11 is 0. The number of para-hydroxylation sites is 3. The van der Waals surface area contributed by atoms with Gasteiger partial charge in [0.25, 0.3) is 0 Å². The molecule has 0 fully saturated rings. The lowest BCUT2D eigenvalue weighted by molar-refractivity contribution is 0.669. The van der Waals surface area contributed by atoms with Crippen LogP contribution in [0.15, 0.2) is 174 Å². The summed E-state index contributed by atoms with van der Waals surface area (Å²) in [4.78, 5) is 13.2. The first-order chi connectivity index (χ1) is 24.3. The van der Waals surface area contributed by atoms with Gasteiger partial charge in [0.2, 0.25) is 0 Å². The predicted octanol–water partition coefficient (Wildman–Crippen LogP) is 11.8. The van der Waals surface area contributed by atoms with Crippen LogP contribution in [-0.4, -0.2) is 9.97 Å². The Morgan fingerprint density at radius 3 is 1.90 bits per heavy atom. The van der Waals surface area contributed by atoms with Gasteiger partial charge in [0.05, 0.1) is 17.1 Å². The number of nitrogens with zero attached hydrogens (tertiary/aromatic N) is 3. The fourth-order valence-electron chi connectivity index (χ4n) is 7.60. The molecule has 7 aromatic carbocycles. The van der Waals surface area contributed by atoms with Crippen LogP contribution in [0.25, 0.3) is 55.2 Å². The number of benzene rings is 7. The molecule has 2 aromatic heterocycles. The van der Waals surface area contributed by atoms with Gasteiger partial charge in [-0.3, -0.25) is 0 Å². The maximum absolute atomic E-state index is 6.31. The second kappa shape index (κ2) is 11.0. The Morgan fingerprint density at radius 2 is 1.12 bits per heavy atom. The summed E-state index contributed by atoms with van der Waals surface area (Å²) in [6, 6.07) is 59.5. The largest absolute Gasteiger partial charge is 0.456 e. The van der Waals surface area contributed by atoms with Gasteiger partial charge >= 0.3 is 0 Å². The molecule has 0 saturated carbocycles. The van der Waals surface area contributed by atoms with E-state index in [0.717, 1.165) is 67.0 Å². The van der Waals surface area contributed by atoms with E-state index in [4.69, 9.17) is 14.4 Å². The normalized spacial score (nSPS) is 13.5. The Kier molecular flexibility index (Phi) is 6.21. The Labute approximate surface area is 283 Å². The number of hydrogen-bond acceptors (Lipinski definition) is 4. The summed E-state index contributed by atoms with van der Waals surface area (Å²) in [5.41, 5.74) is 12.7. The third-order valence-corrected chi connectivity index (χ3v) is 9.72. The molecule has 0 saturated heterocycles. The van der Waals surface area contributed by atoms with Crippen molar-refractivity contribution in [3.63, 3.8) is 0 Å². The SMILES string of the molecule is c1ccc(-c2nc(C3c4ccccc4-c4cc(N(c5ccccc5)c5ccccc5)ccc43)nc3ccc4oc5ccccc5c4c23)cc1. The smallest absolute Gasteiger partial charge is 0.141 e. The van der Waals surface area contributed by atoms with Gasteiger partial charge in [0.1, 0.15) is 17.0 Å². The Hall–Kier alpha value is -6.52. The molecule has 49 heavy (non-hydrogen) atoms. The second-order valence-corrected chi connectivity index (χ2v) is 12.5. The molecular formula is C45H29N3O. The fraction of sp³-hybridized carbons (Fsp3) is 0.0222. The number of rotatable bonds is 5. The number of furan rings is 1. The first-order valence-electron chi connectivity index (χ1n) is 16.6. The Morgan fingerprint density at radius 1 is 0.469 bits per heavy atom. The van der Waals surface area contributed by atoms with Gasteiger partial charge in [-0.15, -0.1) is 0 Å². The quantitative estimate of drug-likeness (QED) is 0.190. The summed E-state index contributed by atoms with van der Waals surface area (Å²) in [6.45, 7) is 0. The van der Waals surface area contributed by atoms with Crippen molar-refractivity contribution in [3.05, 3.63) is 187 Å². The van der Waals surface area contributed by atoms with E-state index >= 15 is 0 Å². The molecule has 4 heteroatoms. The second-order valence-electron chi connectivity index (χ2n) is 12.5. The van der Waals surface area contributed by atoms with E-state index in [2.05, 4.69) is 150 Å². The van der Waals surface area contributed by atoms with Crippen LogP contribution in [0.1, 0.15) is 22.9 Å². The maximum Gasteiger partial charge on any atom is 0.141 e. The third-order valence-electron chi connectivity index (χ3n) is 9.72. The minimum Gasteiger partial charge on any atom is -0.456 e. The zero-order valence-corrected chi connectivity index (χ0v) is 26.5. The van der Waals surface area contributed by atoms with Crippen LogP contribution in [0, 0.1) is 0 Å². The van der Waals surface area contributed by atoms with Crippen molar-refractivity contribution < 1.29 is 4.42 Å². The van der Waals surface area contributed by atoms with E-state index < -0.39 is 0 Å². The Bertz CT molecular complexity index is 2630. The lowest BCUT2D eigenvalue weighted by Crippen LogP contribution is -2.10. The molecule has 0 bridgehead atoms. The van der Waals surface area contributed by atoms with Gasteiger partial charge < -0.3 is 9.32 Å². The highest BCUT2D eigenvalue weighted by Gasteiger charge is 2.33. The standard InChI is InChI=1S/C45H29N3O/c1-4-14-29(15-5-1)44-43-38(26-27-40-42(43)36-22-12-13-23-39(36)49-40)46-45(47-44)41-34-21-11-10-20-33(34)37-28-32(24-25-35(37)41)48(30-16-6-2-7-17-30)31-18-8-3-9-19-31/h1-28,41H. The molecule has 0 spiro atoms. The molecule has 4 nitrogen and oxygen atoms in total. The highest BCUT2D eigenvalue weighted by molar-refractivity contribution is 6.21. The summed E-state index contributed by atoms with van der Waals surface area (Å²) in [6.07, 6.45) is 0. The van der Waals surface area contributed by atoms with Crippen molar-refractivity contribution in [1.29, 1.82) is 0 Å². The molecular weight excluding hydrogens is 599 g/mol. The maximum atomic E-state index is 6.31. The topological polar surface area (TPSA) is 42.2 Å². The summed E-state index contributed by atoms with van der Waals surface area (Å²) < 4.78 is 6.31. The van der Waals surface area contributed by atoms with Gasteiger partial charge in [0, 0.05) is 38.8 Å². The van der Waals surface area contributed by atoms with Gasteiger partial charge in [-0.1, -0.05) is 115 Å². The molecule has 1 aliphatic carbocycles. The molecule has 1 atom stereocenters. The van der Waals surface area contributed by atoms with Gasteiger partial charge in [-0.2, -0.15) is 0 Å². The molecule has 1 aliphatic rings. The van der Waals surface area contributed by atoms with Crippen LogP contribution in [-0.2, 0) is 0 Å². The highest BCUT2D eigenvalue weighted by atomic mass is 16.3. The summed E-state index contributed by atoms with van der Waals surface area (Å²) in [5.74, 6) is 0.672. The molecule has 0 N–H and O–H groups in total. The van der Waals surface area contributed by atoms with Crippen LogP contribution < -0.4 is 4.90 Å². The lowest BCUT2D eigenvalue weighted by atomic mass is 9.94. The fourth-order valence-corrected chi connectivity index (χ4v) is 7.60. The van der Waals surface area contributed by atoms with Crippen LogP contribution in [0.3, 0.4) is 0 Å². The molecule has 10 rings (SSSR count). The first kappa shape index (κ1) is 27.6. The van der Waals surface area contributed by atoms with Crippen LogP contribution in [0.2, 0.25) is 0 Å². The van der Waals surface area contributed by atoms with Crippen molar-refractivity contribution in [2.45, 2.75) is 5.92 Å². The van der Waals surface area contributed by atoms with Gasteiger partial charge in [-0.05, 0) is 76.9 Å². The zero-order chi connectivity index (χ0) is 32.3. The minimum atomic E-state index is -0.120. The zero-order valence-electron chi connectivity index (χ0n) is 26.5. The average molecular weight is 628 g/mol. The monoisotopic (exact) mass is 627 g/mol. The van der Waals surface area contributed by atoms with E-state index in [-0.39, 0.29) is 5.92 Å². The third kappa shape index (κ3) is 4.38. The molecule has 2 heterocycles. The van der Waals surface area contributed by atoms with E-state index in [9.17, 15) is 0 Å². The van der Waals surface area contributed by atoms with Gasteiger partial charge in [0.15, 0.2) is 0 Å². The molecule has 230 valence electrons. The van der Waals surface area contributed by atoms with E-state index in [1.807, 2.05) is 24.3 Å². The number of fused-ring (bicyclic) bond motifs is 8. The first-order valence-corrected chi connectivity index (χ1v) is 16.6. The van der Waals surface area contributed by atoms with Crippen LogP contribution in [0.5, 0.6) is 0 Å². The van der Waals surface area contributed by atoms with Crippen molar-refractivity contribution in [1.82, 2.24) is 9.97 Å². The molecule has 0 aliphatic heterocycles. The number of anilines is 3. The van der Waals surface area contributed by atoms with Crippen LogP contribution in [0.4, 0.5) is 17.1 Å². The number of hydrogen-bond donors (Lipinski definition) is 0. The lowest BCUT2D eigenvalue weighted by Gasteiger charge is -2.26. The minimum absolute atomic E-state index is 0.120. The van der Waals surface area contributed by atoms with Crippen LogP contribution >= 0.6 is 0 Å². The molecule has 0 radical (unpaired) electrons. The average Bonchev–Trinajstić information content (AvgIpc) is 3.71. The van der Waals surface area contributed by atoms with Crippen molar-refractivity contribution in [2.24, 2.45) is 0 Å². The predicted molar refractivity (Wildman–Crippen MR) is 200 cm³/mol. The number of aromatic nitrogens is 2. The summed E-state index contributed by atoms with van der Waals surface area (Å²) in [7, 11) is 0.